The Hall–Kier alpha value is -3.39. The molecule has 3 atom stereocenters. The van der Waals surface area contributed by atoms with Gasteiger partial charge in [-0.1, -0.05) is 55.5 Å². The van der Waals surface area contributed by atoms with E-state index < -0.39 is 35.5 Å². The second-order valence-corrected chi connectivity index (χ2v) is 8.73. The van der Waals surface area contributed by atoms with Crippen LogP contribution in [0.1, 0.15) is 37.3 Å². The maximum Gasteiger partial charge on any atom is 0.407 e. The third kappa shape index (κ3) is 4.30. The van der Waals surface area contributed by atoms with Crippen LogP contribution in [0.5, 0.6) is 0 Å². The molecule has 0 spiro atoms. The molecule has 1 fully saturated rings. The molecular weight excluding hydrogens is 424 g/mol. The summed E-state index contributed by atoms with van der Waals surface area (Å²) < 4.78 is 10.8. The molecule has 4 rings (SSSR count). The Morgan fingerprint density at radius 2 is 1.73 bits per heavy atom. The first kappa shape index (κ1) is 22.8. The van der Waals surface area contributed by atoms with E-state index in [0.29, 0.717) is 6.42 Å². The van der Waals surface area contributed by atoms with Crippen molar-refractivity contribution in [1.82, 2.24) is 10.6 Å². The molecule has 1 aliphatic heterocycles. The number of carbonyl (C=O) groups is 3. The average Bonchev–Trinajstić information content (AvgIpc) is 3.34. The Kier molecular flexibility index (Phi) is 6.37. The van der Waals surface area contributed by atoms with Crippen LogP contribution < -0.4 is 10.6 Å². The molecule has 1 aliphatic carbocycles. The van der Waals surface area contributed by atoms with Crippen LogP contribution in [0.3, 0.4) is 0 Å². The predicted octanol–water partition coefficient (Wildman–Crippen LogP) is 2.91. The van der Waals surface area contributed by atoms with Crippen LogP contribution in [0.15, 0.2) is 48.5 Å². The van der Waals surface area contributed by atoms with Gasteiger partial charge >= 0.3 is 12.1 Å². The molecule has 2 amide bonds. The number of nitrogens with one attached hydrogen (secondary N) is 2. The van der Waals surface area contributed by atoms with Gasteiger partial charge < -0.3 is 25.2 Å². The molecule has 1 heterocycles. The molecule has 3 N–H and O–H groups in total. The fourth-order valence-electron chi connectivity index (χ4n) is 4.49. The fourth-order valence-corrected chi connectivity index (χ4v) is 4.49. The lowest BCUT2D eigenvalue weighted by Crippen LogP contribution is -2.55. The van der Waals surface area contributed by atoms with Crippen molar-refractivity contribution < 1.29 is 29.0 Å². The van der Waals surface area contributed by atoms with Gasteiger partial charge in [0, 0.05) is 5.92 Å². The maximum absolute atomic E-state index is 12.7. The van der Waals surface area contributed by atoms with Crippen molar-refractivity contribution in [2.75, 3.05) is 19.8 Å². The van der Waals surface area contributed by atoms with Gasteiger partial charge in [0.1, 0.15) is 18.1 Å². The minimum Gasteiger partial charge on any atom is -0.481 e. The van der Waals surface area contributed by atoms with Gasteiger partial charge in [-0.2, -0.15) is 0 Å². The largest absolute Gasteiger partial charge is 0.481 e. The van der Waals surface area contributed by atoms with E-state index >= 15 is 0 Å². The van der Waals surface area contributed by atoms with Crippen LogP contribution in [0.2, 0.25) is 0 Å². The van der Waals surface area contributed by atoms with Crippen molar-refractivity contribution in [2.45, 2.75) is 38.3 Å². The molecule has 8 heteroatoms. The van der Waals surface area contributed by atoms with E-state index in [1.54, 1.807) is 6.92 Å². The number of benzene rings is 2. The first-order valence-electron chi connectivity index (χ1n) is 11.1. The molecule has 8 nitrogen and oxygen atoms in total. The number of carbonyl (C=O) groups excluding carboxylic acids is 2. The summed E-state index contributed by atoms with van der Waals surface area (Å²) >= 11 is 0. The zero-order valence-electron chi connectivity index (χ0n) is 18.7. The summed E-state index contributed by atoms with van der Waals surface area (Å²) in [5.41, 5.74) is 3.26. The zero-order chi connectivity index (χ0) is 23.6. The first-order chi connectivity index (χ1) is 15.8. The number of carboxylic acids is 1. The molecule has 174 valence electrons. The highest BCUT2D eigenvalue weighted by Gasteiger charge is 2.47. The highest BCUT2D eigenvalue weighted by Crippen LogP contribution is 2.44. The van der Waals surface area contributed by atoms with Gasteiger partial charge in [-0.05, 0) is 35.6 Å². The maximum atomic E-state index is 12.7. The smallest absolute Gasteiger partial charge is 0.407 e. The van der Waals surface area contributed by atoms with Crippen LogP contribution in [-0.4, -0.2) is 55.0 Å². The normalized spacial score (nSPS) is 22.2. The van der Waals surface area contributed by atoms with Crippen LogP contribution in [0.25, 0.3) is 11.1 Å². The summed E-state index contributed by atoms with van der Waals surface area (Å²) in [5.74, 6) is -1.58. The molecule has 0 bridgehead atoms. The Morgan fingerprint density at radius 3 is 2.30 bits per heavy atom. The number of alkyl carbamates (subject to hydrolysis) is 1. The monoisotopic (exact) mass is 452 g/mol. The summed E-state index contributed by atoms with van der Waals surface area (Å²) in [6, 6.07) is 14.6. The number of amides is 2. The molecule has 2 unspecified atom stereocenters. The number of hydrogen-bond acceptors (Lipinski definition) is 5. The SMILES string of the molecule is CC[C@H](NC(=O)OCC1c2ccccc2-c2ccccc21)C(=O)NC1COCC1(C)C(=O)O. The Bertz CT molecular complexity index is 1020. The minimum absolute atomic E-state index is 0.0177. The van der Waals surface area contributed by atoms with Crippen molar-refractivity contribution in [3.05, 3.63) is 59.7 Å². The van der Waals surface area contributed by atoms with Gasteiger partial charge in [0.05, 0.1) is 19.3 Å². The lowest BCUT2D eigenvalue weighted by atomic mass is 9.85. The molecule has 33 heavy (non-hydrogen) atoms. The zero-order valence-corrected chi connectivity index (χ0v) is 18.7. The lowest BCUT2D eigenvalue weighted by molar-refractivity contribution is -0.149. The van der Waals surface area contributed by atoms with Gasteiger partial charge in [0.2, 0.25) is 5.91 Å². The van der Waals surface area contributed by atoms with E-state index in [0.717, 1.165) is 22.3 Å². The molecular formula is C25H28N2O6. The summed E-state index contributed by atoms with van der Waals surface area (Å²) in [6.45, 7) is 3.56. The van der Waals surface area contributed by atoms with Crippen LogP contribution in [-0.2, 0) is 19.1 Å². The highest BCUT2D eigenvalue weighted by molar-refractivity contribution is 5.87. The topological polar surface area (TPSA) is 114 Å². The van der Waals surface area contributed by atoms with E-state index in [1.165, 1.54) is 6.92 Å². The Morgan fingerprint density at radius 1 is 1.12 bits per heavy atom. The van der Waals surface area contributed by atoms with E-state index in [4.69, 9.17) is 9.47 Å². The highest BCUT2D eigenvalue weighted by atomic mass is 16.5. The quantitative estimate of drug-likeness (QED) is 0.595. The number of carboxylic acid groups (broad SMARTS) is 1. The molecule has 2 aromatic rings. The number of hydrogen-bond donors (Lipinski definition) is 3. The van der Waals surface area contributed by atoms with Gasteiger partial charge in [-0.3, -0.25) is 9.59 Å². The van der Waals surface area contributed by atoms with Crippen molar-refractivity contribution in [3.63, 3.8) is 0 Å². The third-order valence-electron chi connectivity index (χ3n) is 6.62. The first-order valence-corrected chi connectivity index (χ1v) is 11.1. The van der Waals surface area contributed by atoms with Crippen molar-refractivity contribution in [1.29, 1.82) is 0 Å². The van der Waals surface area contributed by atoms with Crippen LogP contribution >= 0.6 is 0 Å². The van der Waals surface area contributed by atoms with Gasteiger partial charge in [-0.25, -0.2) is 4.79 Å². The van der Waals surface area contributed by atoms with Crippen LogP contribution in [0, 0.1) is 5.41 Å². The average molecular weight is 453 g/mol. The Labute approximate surface area is 192 Å². The number of rotatable bonds is 7. The summed E-state index contributed by atoms with van der Waals surface area (Å²) in [7, 11) is 0. The van der Waals surface area contributed by atoms with E-state index in [1.807, 2.05) is 36.4 Å². The summed E-state index contributed by atoms with van der Waals surface area (Å²) in [6.07, 6.45) is -0.365. The minimum atomic E-state index is -1.21. The second kappa shape index (κ2) is 9.23. The van der Waals surface area contributed by atoms with Crippen molar-refractivity contribution >= 4 is 18.0 Å². The number of ether oxygens (including phenoxy) is 2. The molecule has 2 aliphatic rings. The van der Waals surface area contributed by atoms with Crippen molar-refractivity contribution in [2.24, 2.45) is 5.41 Å². The molecule has 0 saturated carbocycles. The lowest BCUT2D eigenvalue weighted by Gasteiger charge is -2.27. The molecule has 2 aromatic carbocycles. The standard InChI is InChI=1S/C25H28N2O6/c1-3-20(22(28)27-21-13-32-14-25(21,2)23(29)30)26-24(31)33-12-19-17-10-6-4-8-15(17)16-9-5-7-11-18(16)19/h4-11,19-21H,3,12-14H2,1-2H3,(H,26,31)(H,27,28)(H,29,30)/t20-,21?,25?/m0/s1. The summed E-state index contributed by atoms with van der Waals surface area (Å²) in [4.78, 5) is 36.9. The van der Waals surface area contributed by atoms with Crippen molar-refractivity contribution in [3.8, 4) is 11.1 Å². The van der Waals surface area contributed by atoms with E-state index in [9.17, 15) is 19.5 Å². The number of aliphatic carboxylic acids is 1. The second-order valence-electron chi connectivity index (χ2n) is 8.73. The van der Waals surface area contributed by atoms with Gasteiger partial charge in [0.25, 0.3) is 0 Å². The van der Waals surface area contributed by atoms with Crippen LogP contribution in [0.4, 0.5) is 4.79 Å². The third-order valence-corrected chi connectivity index (χ3v) is 6.62. The molecule has 0 radical (unpaired) electrons. The predicted molar refractivity (Wildman–Crippen MR) is 121 cm³/mol. The molecule has 1 saturated heterocycles. The molecule has 0 aromatic heterocycles. The number of fused-ring (bicyclic) bond motifs is 3. The summed E-state index contributed by atoms with van der Waals surface area (Å²) in [5, 5.41) is 14.8. The van der Waals surface area contributed by atoms with Gasteiger partial charge in [-0.15, -0.1) is 0 Å². The van der Waals surface area contributed by atoms with E-state index in [-0.39, 0.29) is 25.7 Å². The van der Waals surface area contributed by atoms with Gasteiger partial charge in [0.15, 0.2) is 0 Å². The van der Waals surface area contributed by atoms with E-state index in [2.05, 4.69) is 22.8 Å². The fraction of sp³-hybridized carbons (Fsp3) is 0.400. The Balaban J connectivity index is 1.37.